The minimum atomic E-state index is -0.990. The number of aliphatic hydroxyl groups excluding tert-OH is 1. The summed E-state index contributed by atoms with van der Waals surface area (Å²) in [6.07, 6.45) is 0.327. The molecule has 0 aromatic carbocycles. The largest absolute Gasteiger partial charge is 0.465 e. The van der Waals surface area contributed by atoms with Crippen LogP contribution < -0.4 is 0 Å². The van der Waals surface area contributed by atoms with Gasteiger partial charge < -0.3 is 15.1 Å². The molecule has 1 rings (SSSR count). The summed E-state index contributed by atoms with van der Waals surface area (Å²) in [5.41, 5.74) is 0. The molecule has 1 aromatic heterocycles. The number of hydrogen-bond acceptors (Lipinski definition) is 4. The topological polar surface area (TPSA) is 73.7 Å². The summed E-state index contributed by atoms with van der Waals surface area (Å²) >= 11 is 1.36. The van der Waals surface area contributed by atoms with Crippen LogP contribution in [-0.4, -0.2) is 39.8 Å². The predicted octanol–water partition coefficient (Wildman–Crippen LogP) is 1.18. The maximum atomic E-state index is 10.4. The van der Waals surface area contributed by atoms with Gasteiger partial charge in [-0.15, -0.1) is 11.3 Å². The van der Waals surface area contributed by atoms with E-state index in [9.17, 15) is 9.90 Å². The fourth-order valence-electron chi connectivity index (χ4n) is 0.934. The van der Waals surface area contributed by atoms with Gasteiger partial charge in [-0.05, 0) is 6.42 Å². The van der Waals surface area contributed by atoms with Crippen molar-refractivity contribution in [1.29, 1.82) is 0 Å². The molecule has 78 valence electrons. The lowest BCUT2D eigenvalue weighted by atomic mass is 10.2. The summed E-state index contributed by atoms with van der Waals surface area (Å²) < 4.78 is 0. The van der Waals surface area contributed by atoms with Crippen LogP contribution in [-0.2, 0) is 0 Å². The molecule has 1 atom stereocenters. The number of amides is 1. The Hall–Kier alpha value is -1.14. The van der Waals surface area contributed by atoms with Crippen molar-refractivity contribution in [1.82, 2.24) is 9.88 Å². The summed E-state index contributed by atoms with van der Waals surface area (Å²) in [6.45, 7) is 0.302. The van der Waals surface area contributed by atoms with E-state index in [4.69, 9.17) is 5.11 Å². The first-order valence-electron chi connectivity index (χ1n) is 4.12. The van der Waals surface area contributed by atoms with Crippen molar-refractivity contribution >= 4 is 17.4 Å². The Morgan fingerprint density at radius 3 is 3.00 bits per heavy atom. The van der Waals surface area contributed by atoms with Gasteiger partial charge in [-0.25, -0.2) is 9.78 Å². The van der Waals surface area contributed by atoms with Gasteiger partial charge in [0, 0.05) is 25.2 Å². The van der Waals surface area contributed by atoms with Crippen LogP contribution in [0.3, 0.4) is 0 Å². The first kappa shape index (κ1) is 10.9. The van der Waals surface area contributed by atoms with E-state index in [2.05, 4.69) is 4.98 Å². The van der Waals surface area contributed by atoms with Crippen LogP contribution in [0.2, 0.25) is 0 Å². The third-order valence-corrected chi connectivity index (χ3v) is 2.68. The highest BCUT2D eigenvalue weighted by Gasteiger charge is 2.12. The maximum Gasteiger partial charge on any atom is 0.407 e. The Morgan fingerprint density at radius 2 is 2.50 bits per heavy atom. The van der Waals surface area contributed by atoms with Crippen molar-refractivity contribution < 1.29 is 15.0 Å². The lowest BCUT2D eigenvalue weighted by Gasteiger charge is -2.14. The molecule has 0 aliphatic rings. The number of rotatable bonds is 4. The third kappa shape index (κ3) is 2.97. The summed E-state index contributed by atoms with van der Waals surface area (Å²) in [4.78, 5) is 15.5. The highest BCUT2D eigenvalue weighted by atomic mass is 32.1. The molecule has 6 heteroatoms. The molecular formula is C8H12N2O3S. The van der Waals surface area contributed by atoms with E-state index in [1.165, 1.54) is 18.4 Å². The number of thiazole rings is 1. The smallest absolute Gasteiger partial charge is 0.407 e. The minimum Gasteiger partial charge on any atom is -0.465 e. The highest BCUT2D eigenvalue weighted by Crippen LogP contribution is 2.18. The van der Waals surface area contributed by atoms with E-state index >= 15 is 0 Å². The molecule has 0 radical (unpaired) electrons. The Bertz CT molecular complexity index is 289. The molecule has 0 bridgehead atoms. The number of hydrogen-bond donors (Lipinski definition) is 2. The van der Waals surface area contributed by atoms with Gasteiger partial charge in [0.25, 0.3) is 0 Å². The van der Waals surface area contributed by atoms with Crippen LogP contribution in [0.25, 0.3) is 0 Å². The SMILES string of the molecule is CN(CCC(O)c1nccs1)C(=O)O. The Balaban J connectivity index is 2.35. The molecule has 0 saturated carbocycles. The fourth-order valence-corrected chi connectivity index (χ4v) is 1.59. The molecule has 1 amide bonds. The van der Waals surface area contributed by atoms with E-state index in [0.717, 1.165) is 4.90 Å². The quantitative estimate of drug-likeness (QED) is 0.792. The van der Waals surface area contributed by atoms with Crippen molar-refractivity contribution in [3.05, 3.63) is 16.6 Å². The van der Waals surface area contributed by atoms with E-state index in [-0.39, 0.29) is 0 Å². The van der Waals surface area contributed by atoms with Crippen molar-refractivity contribution in [2.24, 2.45) is 0 Å². The summed E-state index contributed by atoms with van der Waals surface area (Å²) in [5, 5.41) is 20.5. The van der Waals surface area contributed by atoms with Crippen LogP contribution >= 0.6 is 11.3 Å². The molecule has 0 fully saturated rings. The van der Waals surface area contributed by atoms with Crippen LogP contribution in [0.4, 0.5) is 4.79 Å². The molecule has 5 nitrogen and oxygen atoms in total. The maximum absolute atomic E-state index is 10.4. The Labute approximate surface area is 85.6 Å². The van der Waals surface area contributed by atoms with Gasteiger partial charge in [0.2, 0.25) is 0 Å². The molecule has 0 spiro atoms. The zero-order valence-corrected chi connectivity index (χ0v) is 8.57. The number of carboxylic acid groups (broad SMARTS) is 1. The van der Waals surface area contributed by atoms with Crippen molar-refractivity contribution in [2.75, 3.05) is 13.6 Å². The molecular weight excluding hydrogens is 204 g/mol. The van der Waals surface area contributed by atoms with Gasteiger partial charge >= 0.3 is 6.09 Å². The molecule has 1 heterocycles. The first-order chi connectivity index (χ1) is 6.61. The molecule has 1 unspecified atom stereocenters. The lowest BCUT2D eigenvalue weighted by molar-refractivity contribution is 0.130. The second-order valence-electron chi connectivity index (χ2n) is 2.88. The highest BCUT2D eigenvalue weighted by molar-refractivity contribution is 7.09. The summed E-state index contributed by atoms with van der Waals surface area (Å²) in [7, 11) is 1.47. The van der Waals surface area contributed by atoms with E-state index in [1.54, 1.807) is 11.6 Å². The molecule has 0 aliphatic carbocycles. The predicted molar refractivity (Wildman–Crippen MR) is 52.3 cm³/mol. The van der Waals surface area contributed by atoms with Gasteiger partial charge in [0.1, 0.15) is 11.1 Å². The monoisotopic (exact) mass is 216 g/mol. The zero-order valence-electron chi connectivity index (χ0n) is 7.75. The molecule has 0 saturated heterocycles. The third-order valence-electron chi connectivity index (χ3n) is 1.80. The lowest BCUT2D eigenvalue weighted by Crippen LogP contribution is -2.26. The van der Waals surface area contributed by atoms with Crippen LogP contribution in [0, 0.1) is 0 Å². The second kappa shape index (κ2) is 4.92. The number of nitrogens with zero attached hydrogens (tertiary/aromatic N) is 2. The van der Waals surface area contributed by atoms with E-state index in [1.807, 2.05) is 0 Å². The van der Waals surface area contributed by atoms with Crippen LogP contribution in [0.1, 0.15) is 17.5 Å². The number of aliphatic hydroxyl groups is 1. The van der Waals surface area contributed by atoms with Gasteiger partial charge in [0.15, 0.2) is 0 Å². The molecule has 14 heavy (non-hydrogen) atoms. The van der Waals surface area contributed by atoms with Crippen LogP contribution in [0.15, 0.2) is 11.6 Å². The van der Waals surface area contributed by atoms with Crippen LogP contribution in [0.5, 0.6) is 0 Å². The average Bonchev–Trinajstić information content (AvgIpc) is 2.66. The molecule has 2 N–H and O–H groups in total. The average molecular weight is 216 g/mol. The second-order valence-corrected chi connectivity index (χ2v) is 3.81. The number of aromatic nitrogens is 1. The van der Waals surface area contributed by atoms with Crippen molar-refractivity contribution in [3.63, 3.8) is 0 Å². The standard InChI is InChI=1S/C8H12N2O3S/c1-10(8(12)13)4-2-6(11)7-9-3-5-14-7/h3,5-6,11H,2,4H2,1H3,(H,12,13). The normalized spacial score (nSPS) is 12.4. The van der Waals surface area contributed by atoms with Gasteiger partial charge in [-0.1, -0.05) is 0 Å². The van der Waals surface area contributed by atoms with Gasteiger partial charge in [-0.3, -0.25) is 0 Å². The van der Waals surface area contributed by atoms with Crippen molar-refractivity contribution in [2.45, 2.75) is 12.5 Å². The summed E-state index contributed by atoms with van der Waals surface area (Å²) in [5.74, 6) is 0. The van der Waals surface area contributed by atoms with Gasteiger partial charge in [-0.2, -0.15) is 0 Å². The van der Waals surface area contributed by atoms with E-state index < -0.39 is 12.2 Å². The van der Waals surface area contributed by atoms with Gasteiger partial charge in [0.05, 0.1) is 0 Å². The zero-order chi connectivity index (χ0) is 10.6. The fraction of sp³-hybridized carbons (Fsp3) is 0.500. The Morgan fingerprint density at radius 1 is 1.79 bits per heavy atom. The summed E-state index contributed by atoms with van der Waals surface area (Å²) in [6, 6.07) is 0. The first-order valence-corrected chi connectivity index (χ1v) is 5.00. The minimum absolute atomic E-state index is 0.302. The van der Waals surface area contributed by atoms with E-state index in [0.29, 0.717) is 18.0 Å². The Kier molecular flexibility index (Phi) is 3.84. The van der Waals surface area contributed by atoms with Crippen molar-refractivity contribution in [3.8, 4) is 0 Å². The number of carbonyl (C=O) groups is 1. The molecule has 0 aliphatic heterocycles. The molecule has 1 aromatic rings.